The van der Waals surface area contributed by atoms with E-state index in [4.69, 9.17) is 15.1 Å². The van der Waals surface area contributed by atoms with Gasteiger partial charge in [0.25, 0.3) is 19.2 Å². The Bertz CT molecular complexity index is 1770. The zero-order valence-corrected chi connectivity index (χ0v) is 24.0. The average Bonchev–Trinajstić information content (AvgIpc) is 2.87. The molecule has 0 aromatic heterocycles. The Morgan fingerprint density at radius 2 is 1.53 bits per heavy atom. The van der Waals surface area contributed by atoms with Crippen LogP contribution in [0.15, 0.2) is 68.8 Å². The largest absolute Gasteiger partial charge is 0.456 e. The van der Waals surface area contributed by atoms with Crippen molar-refractivity contribution < 1.29 is 25.8 Å². The predicted molar refractivity (Wildman–Crippen MR) is 151 cm³/mol. The molecule has 0 spiro atoms. The highest BCUT2D eigenvalue weighted by atomic mass is 35.7. The van der Waals surface area contributed by atoms with Gasteiger partial charge in [0.1, 0.15) is 24.4 Å². The first-order valence-electron chi connectivity index (χ1n) is 12.3. The van der Waals surface area contributed by atoms with Gasteiger partial charge in [-0.1, -0.05) is 6.07 Å². The number of rotatable bonds is 8. The molecule has 0 atom stereocenters. The molecule has 8 nitrogen and oxygen atoms in total. The first kappa shape index (κ1) is 28.1. The van der Waals surface area contributed by atoms with Crippen LogP contribution in [-0.2, 0) is 19.2 Å². The molecule has 2 aromatic carbocycles. The molecule has 1 aliphatic heterocycles. The van der Waals surface area contributed by atoms with E-state index in [1.54, 1.807) is 0 Å². The van der Waals surface area contributed by atoms with Crippen LogP contribution in [0.3, 0.4) is 0 Å². The molecule has 2 aliphatic rings. The Morgan fingerprint density at radius 3 is 2.11 bits per heavy atom. The number of hydrogen-bond acceptors (Lipinski definition) is 6. The second-order valence-electron chi connectivity index (χ2n) is 8.75. The van der Waals surface area contributed by atoms with Crippen LogP contribution in [0.25, 0.3) is 33.4 Å². The fourth-order valence-corrected chi connectivity index (χ4v) is 6.46. The summed E-state index contributed by atoms with van der Waals surface area (Å²) >= 11 is 0. The van der Waals surface area contributed by atoms with Gasteiger partial charge >= 0.3 is 0 Å². The smallest absolute Gasteiger partial charge is 0.294 e. The SMILES string of the molecule is CCN(CC)c1ccc2c(-c3ccc(S(=O)(=O)O)cc3S(=O)(=O)Cl)c3ccc(=[N+](CC)CC)cc-3oc2c1. The van der Waals surface area contributed by atoms with Crippen LogP contribution in [0.4, 0.5) is 5.69 Å². The van der Waals surface area contributed by atoms with E-state index in [1.807, 2.05) is 36.4 Å². The Balaban J connectivity index is 2.19. The number of anilines is 1. The number of nitrogens with zero attached hydrogens (tertiary/aromatic N) is 2. The first-order valence-corrected chi connectivity index (χ1v) is 16.1. The maximum Gasteiger partial charge on any atom is 0.294 e. The van der Waals surface area contributed by atoms with Crippen LogP contribution in [0.2, 0.25) is 0 Å². The number of fused-ring (bicyclic) bond motifs is 2. The molecule has 1 N–H and O–H groups in total. The summed E-state index contributed by atoms with van der Waals surface area (Å²) < 4.78 is 67.1. The summed E-state index contributed by atoms with van der Waals surface area (Å²) in [4.78, 5) is 1.17. The van der Waals surface area contributed by atoms with E-state index in [0.29, 0.717) is 27.9 Å². The van der Waals surface area contributed by atoms with Gasteiger partial charge in [-0.15, -0.1) is 0 Å². The molecule has 0 saturated carbocycles. The number of benzene rings is 3. The third-order valence-corrected chi connectivity index (χ3v) is 8.94. The summed E-state index contributed by atoms with van der Waals surface area (Å²) in [6.45, 7) is 11.4. The molecule has 0 saturated heterocycles. The second kappa shape index (κ2) is 10.7. The van der Waals surface area contributed by atoms with E-state index < -0.39 is 29.0 Å². The Kier molecular flexibility index (Phi) is 7.90. The first-order chi connectivity index (χ1) is 17.9. The third-order valence-electron chi connectivity index (χ3n) is 6.73. The lowest BCUT2D eigenvalue weighted by Crippen LogP contribution is -2.29. The van der Waals surface area contributed by atoms with Crippen molar-refractivity contribution in [2.75, 3.05) is 31.1 Å². The van der Waals surface area contributed by atoms with Crippen molar-refractivity contribution in [3.8, 4) is 22.5 Å². The number of hydrogen-bond donors (Lipinski definition) is 1. The number of halogens is 1. The predicted octanol–water partition coefficient (Wildman–Crippen LogP) is 5.04. The van der Waals surface area contributed by atoms with Gasteiger partial charge in [0.05, 0.1) is 15.9 Å². The van der Waals surface area contributed by atoms with Crippen LogP contribution in [0, 0.1) is 0 Å². The van der Waals surface area contributed by atoms with Crippen LogP contribution >= 0.6 is 10.7 Å². The molecule has 11 heteroatoms. The van der Waals surface area contributed by atoms with E-state index >= 15 is 0 Å². The lowest BCUT2D eigenvalue weighted by Gasteiger charge is -2.22. The van der Waals surface area contributed by atoms with Crippen LogP contribution in [-0.4, -0.2) is 47.6 Å². The maximum absolute atomic E-state index is 12.7. The van der Waals surface area contributed by atoms with Crippen molar-refractivity contribution >= 4 is 46.5 Å². The fraction of sp³-hybridized carbons (Fsp3) is 0.296. The molecule has 2 aromatic rings. The summed E-state index contributed by atoms with van der Waals surface area (Å²) in [5.74, 6) is 0.533. The monoisotopic (exact) mass is 577 g/mol. The van der Waals surface area contributed by atoms with E-state index in [1.165, 1.54) is 6.07 Å². The molecular weight excluding hydrogens is 548 g/mol. The topological polar surface area (TPSA) is 108 Å². The lowest BCUT2D eigenvalue weighted by atomic mass is 9.93. The standard InChI is InChI=1S/C27H29ClN2O6S2/c1-5-29(6-2)18-9-12-21-24(15-18)36-25-16-19(30(7-3)8-4)10-13-22(25)27(21)23-14-11-20(38(33,34)35)17-26(23)37(28,31)32/h9-17H,5-8H2,1-4H3/p+1. The zero-order valence-electron chi connectivity index (χ0n) is 21.6. The van der Waals surface area contributed by atoms with Gasteiger partial charge in [-0.3, -0.25) is 4.55 Å². The molecule has 0 bridgehead atoms. The normalized spacial score (nSPS) is 12.3. The molecular formula is C27H30ClN2O6S2+. The minimum absolute atomic E-state index is 0.198. The highest BCUT2D eigenvalue weighted by Gasteiger charge is 2.26. The summed E-state index contributed by atoms with van der Waals surface area (Å²) in [5.41, 5.74) is 2.84. The van der Waals surface area contributed by atoms with Gasteiger partial charge in [-0.25, -0.2) is 13.0 Å². The van der Waals surface area contributed by atoms with Crippen LogP contribution in [0.5, 0.6) is 0 Å². The minimum atomic E-state index is -4.66. The molecule has 1 heterocycles. The van der Waals surface area contributed by atoms with Gasteiger partial charge in [0, 0.05) is 63.7 Å². The van der Waals surface area contributed by atoms with E-state index in [0.717, 1.165) is 49.4 Å². The molecule has 0 amide bonds. The zero-order chi connectivity index (χ0) is 27.8. The third kappa shape index (κ3) is 5.31. The molecule has 4 rings (SSSR count). The summed E-state index contributed by atoms with van der Waals surface area (Å²) in [6, 6.07) is 14.8. The molecule has 0 unspecified atom stereocenters. The summed E-state index contributed by atoms with van der Waals surface area (Å²) in [7, 11) is -3.27. The van der Waals surface area contributed by atoms with E-state index in [-0.39, 0.29) is 5.56 Å². The Hall–Kier alpha value is -2.92. The van der Waals surface area contributed by atoms with Crippen molar-refractivity contribution in [2.24, 2.45) is 0 Å². The summed E-state index contributed by atoms with van der Waals surface area (Å²) in [5, 5.41) is 1.58. The van der Waals surface area contributed by atoms with E-state index in [2.05, 4.69) is 37.2 Å². The maximum atomic E-state index is 12.7. The molecule has 202 valence electrons. The van der Waals surface area contributed by atoms with Crippen molar-refractivity contribution in [1.82, 2.24) is 4.58 Å². The highest BCUT2D eigenvalue weighted by molar-refractivity contribution is 8.13. The van der Waals surface area contributed by atoms with Crippen molar-refractivity contribution in [2.45, 2.75) is 37.5 Å². The van der Waals surface area contributed by atoms with Gasteiger partial charge in [-0.05, 0) is 58.0 Å². The average molecular weight is 578 g/mol. The quantitative estimate of drug-likeness (QED) is 0.135. The Labute approximate surface area is 227 Å². The van der Waals surface area contributed by atoms with E-state index in [9.17, 15) is 21.4 Å². The fourth-order valence-electron chi connectivity index (χ4n) is 4.80. The molecule has 0 fully saturated rings. The lowest BCUT2D eigenvalue weighted by molar-refractivity contribution is 0.483. The second-order valence-corrected chi connectivity index (χ2v) is 12.7. The molecule has 0 radical (unpaired) electrons. The minimum Gasteiger partial charge on any atom is -0.456 e. The van der Waals surface area contributed by atoms with Gasteiger partial charge in [0.15, 0.2) is 0 Å². The van der Waals surface area contributed by atoms with Crippen LogP contribution < -0.4 is 14.8 Å². The van der Waals surface area contributed by atoms with Crippen molar-refractivity contribution in [3.05, 3.63) is 60.0 Å². The molecule has 38 heavy (non-hydrogen) atoms. The Morgan fingerprint density at radius 1 is 0.868 bits per heavy atom. The van der Waals surface area contributed by atoms with Gasteiger partial charge < -0.3 is 9.32 Å². The van der Waals surface area contributed by atoms with Gasteiger partial charge in [0.2, 0.25) is 5.36 Å². The van der Waals surface area contributed by atoms with Crippen molar-refractivity contribution in [3.63, 3.8) is 0 Å². The van der Waals surface area contributed by atoms with Gasteiger partial charge in [-0.2, -0.15) is 8.42 Å². The van der Waals surface area contributed by atoms with Crippen LogP contribution in [0.1, 0.15) is 27.7 Å². The summed E-state index contributed by atoms with van der Waals surface area (Å²) in [6.07, 6.45) is 0. The highest BCUT2D eigenvalue weighted by Crippen LogP contribution is 2.44. The molecule has 1 aliphatic carbocycles. The van der Waals surface area contributed by atoms with Crippen molar-refractivity contribution in [1.29, 1.82) is 0 Å².